The van der Waals surface area contributed by atoms with Crippen molar-refractivity contribution in [3.05, 3.63) is 0 Å². The van der Waals surface area contributed by atoms with Gasteiger partial charge in [0.2, 0.25) is 0 Å². The SMILES string of the molecule is CCCCCCC1CCCCC1CCC. The lowest BCUT2D eigenvalue weighted by Gasteiger charge is -2.31. The standard InChI is InChI=1S/C15H30/c1-3-5-6-7-11-15-13-9-8-12-14(15)10-4-2/h14-15H,3-13H2,1-2H3. The van der Waals surface area contributed by atoms with Gasteiger partial charge in [0.1, 0.15) is 0 Å². The maximum absolute atomic E-state index is 2.35. The van der Waals surface area contributed by atoms with Crippen molar-refractivity contribution in [1.29, 1.82) is 0 Å². The molecule has 0 amide bonds. The van der Waals surface area contributed by atoms with Crippen LogP contribution in [0.25, 0.3) is 0 Å². The van der Waals surface area contributed by atoms with Crippen LogP contribution in [0.5, 0.6) is 0 Å². The Kier molecular flexibility index (Phi) is 7.13. The Bertz CT molecular complexity index is 137. The van der Waals surface area contributed by atoms with Crippen molar-refractivity contribution < 1.29 is 0 Å². The summed E-state index contributed by atoms with van der Waals surface area (Å²) in [6.45, 7) is 4.66. The zero-order valence-corrected chi connectivity index (χ0v) is 10.9. The number of hydrogen-bond acceptors (Lipinski definition) is 0. The highest BCUT2D eigenvalue weighted by molar-refractivity contribution is 4.75. The molecule has 0 aromatic carbocycles. The summed E-state index contributed by atoms with van der Waals surface area (Å²) in [5.74, 6) is 2.18. The van der Waals surface area contributed by atoms with Crippen LogP contribution in [0.15, 0.2) is 0 Å². The molecule has 0 aromatic rings. The zero-order chi connectivity index (χ0) is 10.9. The van der Waals surface area contributed by atoms with Crippen molar-refractivity contribution in [3.63, 3.8) is 0 Å². The van der Waals surface area contributed by atoms with Crippen LogP contribution >= 0.6 is 0 Å². The molecule has 2 unspecified atom stereocenters. The van der Waals surface area contributed by atoms with Crippen molar-refractivity contribution in [3.8, 4) is 0 Å². The second-order valence-corrected chi connectivity index (χ2v) is 5.44. The summed E-state index contributed by atoms with van der Waals surface area (Å²) in [5.41, 5.74) is 0. The van der Waals surface area contributed by atoms with Crippen molar-refractivity contribution in [1.82, 2.24) is 0 Å². The third-order valence-electron chi connectivity index (χ3n) is 4.15. The van der Waals surface area contributed by atoms with Gasteiger partial charge in [-0.25, -0.2) is 0 Å². The predicted octanol–water partition coefficient (Wildman–Crippen LogP) is 5.56. The summed E-state index contributed by atoms with van der Waals surface area (Å²) < 4.78 is 0. The van der Waals surface area contributed by atoms with Gasteiger partial charge < -0.3 is 0 Å². The molecule has 1 fully saturated rings. The van der Waals surface area contributed by atoms with Gasteiger partial charge in [-0.1, -0.05) is 84.5 Å². The van der Waals surface area contributed by atoms with E-state index in [1.165, 1.54) is 70.6 Å². The van der Waals surface area contributed by atoms with Gasteiger partial charge >= 0.3 is 0 Å². The van der Waals surface area contributed by atoms with Crippen LogP contribution in [0, 0.1) is 11.8 Å². The van der Waals surface area contributed by atoms with E-state index in [-0.39, 0.29) is 0 Å². The van der Waals surface area contributed by atoms with Gasteiger partial charge in [-0.05, 0) is 11.8 Å². The average molecular weight is 210 g/mol. The fraction of sp³-hybridized carbons (Fsp3) is 1.00. The average Bonchev–Trinajstić information content (AvgIpc) is 2.27. The van der Waals surface area contributed by atoms with Gasteiger partial charge in [0.05, 0.1) is 0 Å². The van der Waals surface area contributed by atoms with E-state index in [0.717, 1.165) is 11.8 Å². The maximum Gasteiger partial charge on any atom is -0.0386 e. The molecule has 0 saturated heterocycles. The highest BCUT2D eigenvalue weighted by Crippen LogP contribution is 2.36. The number of hydrogen-bond donors (Lipinski definition) is 0. The van der Waals surface area contributed by atoms with E-state index in [1.807, 2.05) is 0 Å². The fourth-order valence-corrected chi connectivity index (χ4v) is 3.25. The summed E-state index contributed by atoms with van der Waals surface area (Å²) in [7, 11) is 0. The molecule has 1 rings (SSSR count). The second kappa shape index (κ2) is 8.19. The lowest BCUT2D eigenvalue weighted by molar-refractivity contribution is 0.205. The minimum atomic E-state index is 1.09. The predicted molar refractivity (Wildman–Crippen MR) is 69.1 cm³/mol. The first-order valence-corrected chi connectivity index (χ1v) is 7.38. The molecule has 0 spiro atoms. The first-order chi connectivity index (χ1) is 7.38. The minimum Gasteiger partial charge on any atom is -0.0654 e. The Balaban J connectivity index is 2.17. The molecule has 0 bridgehead atoms. The van der Waals surface area contributed by atoms with Crippen molar-refractivity contribution in [2.45, 2.75) is 84.5 Å². The van der Waals surface area contributed by atoms with E-state index in [4.69, 9.17) is 0 Å². The largest absolute Gasteiger partial charge is 0.0654 e. The highest BCUT2D eigenvalue weighted by atomic mass is 14.3. The molecule has 0 N–H and O–H groups in total. The molecular weight excluding hydrogens is 180 g/mol. The first kappa shape index (κ1) is 13.1. The Labute approximate surface area is 96.8 Å². The Morgan fingerprint density at radius 3 is 2.00 bits per heavy atom. The Hall–Kier alpha value is 0. The highest BCUT2D eigenvalue weighted by Gasteiger charge is 2.23. The summed E-state index contributed by atoms with van der Waals surface area (Å²) in [6, 6.07) is 0. The third kappa shape index (κ3) is 5.04. The number of unbranched alkanes of at least 4 members (excludes halogenated alkanes) is 3. The lowest BCUT2D eigenvalue weighted by Crippen LogP contribution is -2.19. The van der Waals surface area contributed by atoms with E-state index in [2.05, 4.69) is 13.8 Å². The molecule has 0 heteroatoms. The van der Waals surface area contributed by atoms with E-state index in [1.54, 1.807) is 0 Å². The van der Waals surface area contributed by atoms with Crippen LogP contribution < -0.4 is 0 Å². The van der Waals surface area contributed by atoms with Crippen molar-refractivity contribution >= 4 is 0 Å². The normalized spacial score (nSPS) is 26.8. The van der Waals surface area contributed by atoms with E-state index in [0.29, 0.717) is 0 Å². The molecule has 1 aliphatic rings. The number of rotatable bonds is 7. The molecule has 1 aliphatic carbocycles. The van der Waals surface area contributed by atoms with Crippen molar-refractivity contribution in [2.24, 2.45) is 11.8 Å². The van der Waals surface area contributed by atoms with Crippen LogP contribution in [0.2, 0.25) is 0 Å². The molecule has 1 saturated carbocycles. The van der Waals surface area contributed by atoms with Crippen LogP contribution in [0.3, 0.4) is 0 Å². The van der Waals surface area contributed by atoms with Gasteiger partial charge in [0.15, 0.2) is 0 Å². The smallest absolute Gasteiger partial charge is 0.0386 e. The molecule has 15 heavy (non-hydrogen) atoms. The lowest BCUT2D eigenvalue weighted by atomic mass is 9.75. The molecule has 2 atom stereocenters. The van der Waals surface area contributed by atoms with E-state index in [9.17, 15) is 0 Å². The summed E-state index contributed by atoms with van der Waals surface area (Å²) in [4.78, 5) is 0. The van der Waals surface area contributed by atoms with Gasteiger partial charge in [0, 0.05) is 0 Å². The van der Waals surface area contributed by atoms with Gasteiger partial charge in [-0.15, -0.1) is 0 Å². The van der Waals surface area contributed by atoms with Crippen LogP contribution in [0.4, 0.5) is 0 Å². The van der Waals surface area contributed by atoms with Crippen LogP contribution in [-0.4, -0.2) is 0 Å². The topological polar surface area (TPSA) is 0 Å². The molecular formula is C15H30. The van der Waals surface area contributed by atoms with E-state index >= 15 is 0 Å². The molecule has 0 heterocycles. The van der Waals surface area contributed by atoms with Gasteiger partial charge in [0.25, 0.3) is 0 Å². The summed E-state index contributed by atoms with van der Waals surface area (Å²) in [5, 5.41) is 0. The summed E-state index contributed by atoms with van der Waals surface area (Å²) >= 11 is 0. The summed E-state index contributed by atoms with van der Waals surface area (Å²) in [6.07, 6.45) is 16.3. The molecule has 90 valence electrons. The minimum absolute atomic E-state index is 1.09. The van der Waals surface area contributed by atoms with Crippen LogP contribution in [0.1, 0.15) is 84.5 Å². The molecule has 0 aromatic heterocycles. The first-order valence-electron chi connectivity index (χ1n) is 7.38. The zero-order valence-electron chi connectivity index (χ0n) is 10.9. The molecule has 0 radical (unpaired) electrons. The van der Waals surface area contributed by atoms with Gasteiger partial charge in [-0.3, -0.25) is 0 Å². The molecule has 0 aliphatic heterocycles. The van der Waals surface area contributed by atoms with Crippen LogP contribution in [-0.2, 0) is 0 Å². The fourth-order valence-electron chi connectivity index (χ4n) is 3.25. The Morgan fingerprint density at radius 1 is 0.733 bits per heavy atom. The van der Waals surface area contributed by atoms with E-state index < -0.39 is 0 Å². The monoisotopic (exact) mass is 210 g/mol. The molecule has 0 nitrogen and oxygen atoms in total. The van der Waals surface area contributed by atoms with Crippen molar-refractivity contribution in [2.75, 3.05) is 0 Å². The van der Waals surface area contributed by atoms with Gasteiger partial charge in [-0.2, -0.15) is 0 Å². The quantitative estimate of drug-likeness (QED) is 0.482. The third-order valence-corrected chi connectivity index (χ3v) is 4.15. The maximum atomic E-state index is 2.35. The Morgan fingerprint density at radius 2 is 1.40 bits per heavy atom. The second-order valence-electron chi connectivity index (χ2n) is 5.44.